The lowest BCUT2D eigenvalue weighted by Crippen LogP contribution is -2.54. The fourth-order valence-corrected chi connectivity index (χ4v) is 3.02. The van der Waals surface area contributed by atoms with E-state index in [0.29, 0.717) is 6.42 Å². The van der Waals surface area contributed by atoms with Gasteiger partial charge in [0.05, 0.1) is 0 Å². The largest absolute Gasteiger partial charge is 0.357 e. The highest BCUT2D eigenvalue weighted by Gasteiger charge is 2.34. The van der Waals surface area contributed by atoms with Gasteiger partial charge in [-0.25, -0.2) is 5.48 Å². The van der Waals surface area contributed by atoms with Crippen molar-refractivity contribution < 1.29 is 19.6 Å². The zero-order chi connectivity index (χ0) is 20.9. The van der Waals surface area contributed by atoms with Gasteiger partial charge in [0.1, 0.15) is 6.04 Å². The van der Waals surface area contributed by atoms with Gasteiger partial charge in [0, 0.05) is 19.4 Å². The average Bonchev–Trinajstić information content (AvgIpc) is 2.62. The van der Waals surface area contributed by atoms with E-state index in [1.165, 1.54) is 32.7 Å². The number of hydrogen-bond donors (Lipinski definition) is 4. The van der Waals surface area contributed by atoms with Gasteiger partial charge < -0.3 is 10.6 Å². The Bertz CT molecular complexity index is 461. The van der Waals surface area contributed by atoms with Crippen molar-refractivity contribution in [1.82, 2.24) is 16.1 Å². The average molecular weight is 386 g/mol. The normalized spacial score (nSPS) is 13.6. The van der Waals surface area contributed by atoms with Gasteiger partial charge in [0.2, 0.25) is 17.7 Å². The number of rotatable bonds is 13. The topological polar surface area (TPSA) is 108 Å². The molecule has 0 heterocycles. The van der Waals surface area contributed by atoms with E-state index in [1.54, 1.807) is 5.48 Å². The number of carbonyl (C=O) groups excluding carboxylic acids is 3. The molecule has 0 aliphatic carbocycles. The van der Waals surface area contributed by atoms with E-state index in [4.69, 9.17) is 5.21 Å². The van der Waals surface area contributed by atoms with E-state index in [1.807, 2.05) is 20.8 Å². The smallest absolute Gasteiger partial charge is 0.244 e. The van der Waals surface area contributed by atoms with E-state index in [2.05, 4.69) is 17.6 Å². The Morgan fingerprint density at radius 2 is 1.48 bits per heavy atom. The number of likely N-dealkylation sites (N-methyl/N-ethyl adjacent to an activating group) is 1. The molecule has 0 rings (SSSR count). The molecule has 0 aromatic heterocycles. The summed E-state index contributed by atoms with van der Waals surface area (Å²) in [5, 5.41) is 14.2. The number of unbranched alkanes of at least 4 members (excludes halogenated alkanes) is 6. The Hall–Kier alpha value is -1.63. The molecular weight excluding hydrogens is 346 g/mol. The summed E-state index contributed by atoms with van der Waals surface area (Å²) in [7, 11) is 1.53. The Balaban J connectivity index is 4.77. The van der Waals surface area contributed by atoms with E-state index in [0.717, 1.165) is 19.3 Å². The molecule has 7 heteroatoms. The van der Waals surface area contributed by atoms with Gasteiger partial charge in [0.15, 0.2) is 0 Å². The number of hydroxylamine groups is 1. The second-order valence-corrected chi connectivity index (χ2v) is 8.27. The minimum absolute atomic E-state index is 0.0945. The first-order valence-electron chi connectivity index (χ1n) is 10.1. The molecule has 158 valence electrons. The lowest BCUT2D eigenvalue weighted by atomic mass is 9.85. The van der Waals surface area contributed by atoms with E-state index < -0.39 is 23.3 Å². The second-order valence-electron chi connectivity index (χ2n) is 8.27. The molecule has 27 heavy (non-hydrogen) atoms. The van der Waals surface area contributed by atoms with Crippen molar-refractivity contribution in [3.8, 4) is 0 Å². The van der Waals surface area contributed by atoms with Crippen molar-refractivity contribution >= 4 is 17.7 Å². The quantitative estimate of drug-likeness (QED) is 0.222. The van der Waals surface area contributed by atoms with Crippen molar-refractivity contribution in [3.05, 3.63) is 0 Å². The first kappa shape index (κ1) is 25.4. The SMILES string of the molecule is CCCCCCCCC[C@H](CC(=O)NO)C(=O)N[C@H](C(=O)NC)C(C)(C)C. The van der Waals surface area contributed by atoms with Gasteiger partial charge in [-0.3, -0.25) is 19.6 Å². The molecule has 0 aliphatic rings. The van der Waals surface area contributed by atoms with Gasteiger partial charge in [-0.05, 0) is 11.8 Å². The molecule has 0 aliphatic heterocycles. The van der Waals surface area contributed by atoms with Crippen molar-refractivity contribution in [2.24, 2.45) is 11.3 Å². The summed E-state index contributed by atoms with van der Waals surface area (Å²) in [5.41, 5.74) is 1.13. The molecule has 0 unspecified atom stereocenters. The summed E-state index contributed by atoms with van der Waals surface area (Å²) in [5.74, 6) is -1.75. The van der Waals surface area contributed by atoms with Crippen LogP contribution in [0.2, 0.25) is 0 Å². The van der Waals surface area contributed by atoms with Crippen molar-refractivity contribution in [1.29, 1.82) is 0 Å². The zero-order valence-electron chi connectivity index (χ0n) is 17.7. The maximum absolute atomic E-state index is 12.7. The fraction of sp³-hybridized carbons (Fsp3) is 0.850. The molecule has 7 nitrogen and oxygen atoms in total. The molecule has 0 saturated carbocycles. The summed E-state index contributed by atoms with van der Waals surface area (Å²) in [6.45, 7) is 7.80. The van der Waals surface area contributed by atoms with Crippen molar-refractivity contribution in [2.75, 3.05) is 7.05 Å². The molecule has 0 bridgehead atoms. The number of amides is 3. The van der Waals surface area contributed by atoms with Crippen LogP contribution in [0.1, 0.15) is 85.5 Å². The summed E-state index contributed by atoms with van der Waals surface area (Å²) >= 11 is 0. The predicted molar refractivity (Wildman–Crippen MR) is 106 cm³/mol. The van der Waals surface area contributed by atoms with Gasteiger partial charge in [-0.1, -0.05) is 72.6 Å². The highest BCUT2D eigenvalue weighted by Crippen LogP contribution is 2.22. The maximum atomic E-state index is 12.7. The van der Waals surface area contributed by atoms with Crippen LogP contribution in [-0.4, -0.2) is 36.0 Å². The molecule has 0 fully saturated rings. The summed E-state index contributed by atoms with van der Waals surface area (Å²) in [6.07, 6.45) is 8.28. The molecule has 0 aromatic carbocycles. The summed E-state index contributed by atoms with van der Waals surface area (Å²) in [6, 6.07) is -0.691. The highest BCUT2D eigenvalue weighted by molar-refractivity contribution is 5.90. The van der Waals surface area contributed by atoms with Crippen LogP contribution >= 0.6 is 0 Å². The number of carbonyl (C=O) groups is 3. The van der Waals surface area contributed by atoms with Crippen LogP contribution in [0.25, 0.3) is 0 Å². The minimum Gasteiger partial charge on any atom is -0.357 e. The predicted octanol–water partition coefficient (Wildman–Crippen LogP) is 2.92. The third kappa shape index (κ3) is 11.0. The van der Waals surface area contributed by atoms with Crippen molar-refractivity contribution in [2.45, 2.75) is 91.5 Å². The van der Waals surface area contributed by atoms with Crippen LogP contribution in [0.4, 0.5) is 0 Å². The van der Waals surface area contributed by atoms with E-state index in [-0.39, 0.29) is 18.2 Å². The summed E-state index contributed by atoms with van der Waals surface area (Å²) < 4.78 is 0. The molecular formula is C20H39N3O4. The van der Waals surface area contributed by atoms with E-state index in [9.17, 15) is 14.4 Å². The van der Waals surface area contributed by atoms with E-state index >= 15 is 0 Å². The third-order valence-corrected chi connectivity index (χ3v) is 4.74. The lowest BCUT2D eigenvalue weighted by Gasteiger charge is -2.31. The molecule has 0 saturated heterocycles. The Labute approximate surface area is 164 Å². The van der Waals surface area contributed by atoms with Crippen LogP contribution in [0.15, 0.2) is 0 Å². The summed E-state index contributed by atoms with van der Waals surface area (Å²) in [4.78, 5) is 36.4. The first-order chi connectivity index (χ1) is 12.7. The van der Waals surface area contributed by atoms with Crippen molar-refractivity contribution in [3.63, 3.8) is 0 Å². The zero-order valence-corrected chi connectivity index (χ0v) is 17.7. The Kier molecular flexibility index (Phi) is 12.7. The lowest BCUT2D eigenvalue weighted by molar-refractivity contribution is -0.137. The van der Waals surface area contributed by atoms with Crippen LogP contribution in [0, 0.1) is 11.3 Å². The fourth-order valence-electron chi connectivity index (χ4n) is 3.02. The van der Waals surface area contributed by atoms with Gasteiger partial charge in [0.25, 0.3) is 0 Å². The second kappa shape index (κ2) is 13.5. The Morgan fingerprint density at radius 3 is 1.96 bits per heavy atom. The standard InChI is InChI=1S/C20H39N3O4/c1-6-7-8-9-10-11-12-13-15(14-16(24)23-27)18(25)22-17(19(26)21-5)20(2,3)4/h15,17,27H,6-14H2,1-5H3,(H,21,26)(H,22,25)(H,23,24)/t15-,17-/m1/s1. The Morgan fingerprint density at radius 1 is 0.926 bits per heavy atom. The number of nitrogens with one attached hydrogen (secondary N) is 3. The highest BCUT2D eigenvalue weighted by atomic mass is 16.5. The van der Waals surface area contributed by atoms with Gasteiger partial charge in [-0.15, -0.1) is 0 Å². The molecule has 0 spiro atoms. The third-order valence-electron chi connectivity index (χ3n) is 4.74. The van der Waals surface area contributed by atoms with Crippen LogP contribution in [0.3, 0.4) is 0 Å². The van der Waals surface area contributed by atoms with Crippen LogP contribution in [-0.2, 0) is 14.4 Å². The maximum Gasteiger partial charge on any atom is 0.244 e. The van der Waals surface area contributed by atoms with Crippen LogP contribution in [0.5, 0.6) is 0 Å². The monoisotopic (exact) mass is 385 g/mol. The molecule has 3 amide bonds. The van der Waals surface area contributed by atoms with Crippen LogP contribution < -0.4 is 16.1 Å². The number of hydrogen-bond acceptors (Lipinski definition) is 4. The molecule has 0 radical (unpaired) electrons. The van der Waals surface area contributed by atoms with Gasteiger partial charge in [-0.2, -0.15) is 0 Å². The first-order valence-corrected chi connectivity index (χ1v) is 10.1. The van der Waals surface area contributed by atoms with Gasteiger partial charge >= 0.3 is 0 Å². The molecule has 4 N–H and O–H groups in total. The minimum atomic E-state index is -0.691. The molecule has 0 aromatic rings. The molecule has 2 atom stereocenters.